The van der Waals surface area contributed by atoms with E-state index in [-0.39, 0.29) is 23.9 Å². The minimum atomic E-state index is -0.723. The topological polar surface area (TPSA) is 78.4 Å². The lowest BCUT2D eigenvalue weighted by Crippen LogP contribution is -2.49. The summed E-state index contributed by atoms with van der Waals surface area (Å²) in [6.07, 6.45) is 6.77. The Bertz CT molecular complexity index is 399. The first-order valence-electron chi connectivity index (χ1n) is 7.91. The maximum absolute atomic E-state index is 12.4. The average molecular weight is 280 g/mol. The Morgan fingerprint density at radius 1 is 1.10 bits per heavy atom. The van der Waals surface area contributed by atoms with E-state index in [1.54, 1.807) is 0 Å². The Hall–Kier alpha value is -1.10. The van der Waals surface area contributed by atoms with Gasteiger partial charge in [-0.2, -0.15) is 0 Å². The summed E-state index contributed by atoms with van der Waals surface area (Å²) in [7, 11) is 0. The summed E-state index contributed by atoms with van der Waals surface area (Å²) in [5.74, 6) is 0.247. The van der Waals surface area contributed by atoms with E-state index in [2.05, 4.69) is 10.6 Å². The first-order valence-corrected chi connectivity index (χ1v) is 7.91. The molecule has 1 aliphatic heterocycles. The molecule has 5 nitrogen and oxygen atoms in total. The normalized spacial score (nSPS) is 40.3. The van der Waals surface area contributed by atoms with Crippen LogP contribution in [0, 0.1) is 17.8 Å². The number of nitrogens with one attached hydrogen (secondary N) is 2. The maximum Gasteiger partial charge on any atom is 0.306 e. The van der Waals surface area contributed by atoms with Crippen LogP contribution in [-0.4, -0.2) is 35.6 Å². The molecule has 5 heteroatoms. The fraction of sp³-hybridized carbons (Fsp3) is 0.867. The summed E-state index contributed by atoms with van der Waals surface area (Å²) in [5.41, 5.74) is 0. The van der Waals surface area contributed by atoms with Crippen molar-refractivity contribution in [1.82, 2.24) is 10.6 Å². The third-order valence-electron chi connectivity index (χ3n) is 5.40. The highest BCUT2D eigenvalue weighted by Gasteiger charge is 2.43. The summed E-state index contributed by atoms with van der Waals surface area (Å²) >= 11 is 0. The van der Waals surface area contributed by atoms with Crippen LogP contribution in [0.1, 0.15) is 44.9 Å². The molecular formula is C15H24N2O3. The Morgan fingerprint density at radius 3 is 2.70 bits per heavy atom. The minimum Gasteiger partial charge on any atom is -0.481 e. The molecule has 0 radical (unpaired) electrons. The molecule has 2 saturated carbocycles. The van der Waals surface area contributed by atoms with Gasteiger partial charge in [-0.25, -0.2) is 0 Å². The van der Waals surface area contributed by atoms with Crippen molar-refractivity contribution in [2.45, 2.75) is 57.0 Å². The number of carboxylic acid groups (broad SMARTS) is 1. The van der Waals surface area contributed by atoms with Crippen LogP contribution in [-0.2, 0) is 9.59 Å². The van der Waals surface area contributed by atoms with E-state index >= 15 is 0 Å². The zero-order valence-corrected chi connectivity index (χ0v) is 11.8. The van der Waals surface area contributed by atoms with Gasteiger partial charge in [0.15, 0.2) is 0 Å². The Kier molecular flexibility index (Phi) is 3.96. The molecule has 0 aromatic carbocycles. The molecule has 0 bridgehead atoms. The van der Waals surface area contributed by atoms with Gasteiger partial charge in [0.2, 0.25) is 5.91 Å². The lowest BCUT2D eigenvalue weighted by atomic mass is 9.85. The van der Waals surface area contributed by atoms with Gasteiger partial charge >= 0.3 is 5.97 Å². The highest BCUT2D eigenvalue weighted by molar-refractivity contribution is 5.83. The van der Waals surface area contributed by atoms with Crippen LogP contribution in [0.3, 0.4) is 0 Å². The molecule has 1 amide bonds. The highest BCUT2D eigenvalue weighted by atomic mass is 16.4. The molecule has 1 heterocycles. The second-order valence-corrected chi connectivity index (χ2v) is 6.65. The molecule has 3 aliphatic rings. The predicted molar refractivity (Wildman–Crippen MR) is 74.1 cm³/mol. The summed E-state index contributed by atoms with van der Waals surface area (Å²) in [6, 6.07) is -0.00712. The molecule has 0 aromatic rings. The number of hydrogen-bond acceptors (Lipinski definition) is 3. The number of aliphatic carboxylic acids is 1. The van der Waals surface area contributed by atoms with E-state index in [1.165, 1.54) is 12.8 Å². The van der Waals surface area contributed by atoms with Gasteiger partial charge in [-0.05, 0) is 50.5 Å². The van der Waals surface area contributed by atoms with Crippen molar-refractivity contribution in [3.05, 3.63) is 0 Å². The van der Waals surface area contributed by atoms with E-state index in [1.807, 2.05) is 0 Å². The van der Waals surface area contributed by atoms with Crippen molar-refractivity contribution in [3.63, 3.8) is 0 Å². The summed E-state index contributed by atoms with van der Waals surface area (Å²) in [5, 5.41) is 15.5. The number of fused-ring (bicyclic) bond motifs is 1. The number of carbonyl (C=O) groups is 2. The number of amides is 1. The average Bonchev–Trinajstić information content (AvgIpc) is 3.00. The number of carboxylic acids is 1. The molecule has 1 saturated heterocycles. The third-order valence-corrected chi connectivity index (χ3v) is 5.40. The van der Waals surface area contributed by atoms with Gasteiger partial charge in [0.05, 0.1) is 12.0 Å². The zero-order chi connectivity index (χ0) is 14.1. The molecule has 0 aromatic heterocycles. The van der Waals surface area contributed by atoms with Crippen molar-refractivity contribution in [2.24, 2.45) is 17.8 Å². The van der Waals surface area contributed by atoms with Gasteiger partial charge < -0.3 is 15.7 Å². The van der Waals surface area contributed by atoms with E-state index in [0.717, 1.165) is 32.2 Å². The first kappa shape index (κ1) is 13.9. The lowest BCUT2D eigenvalue weighted by molar-refractivity contribution is -0.143. The SMILES string of the molecule is O=C(O)C1CCCC(NC(=O)C2NCC3CCCC32)C1. The fourth-order valence-electron chi connectivity index (χ4n) is 4.31. The lowest BCUT2D eigenvalue weighted by Gasteiger charge is -2.29. The van der Waals surface area contributed by atoms with Crippen LogP contribution < -0.4 is 10.6 Å². The van der Waals surface area contributed by atoms with Crippen molar-refractivity contribution in [2.75, 3.05) is 6.54 Å². The standard InChI is InChI=1S/C15H24N2O3/c18-14(13-12-6-2-4-10(12)8-16-13)17-11-5-1-3-9(7-11)15(19)20/h9-13,16H,1-8H2,(H,17,18)(H,19,20). The van der Waals surface area contributed by atoms with Gasteiger partial charge in [0.25, 0.3) is 0 Å². The van der Waals surface area contributed by atoms with Crippen molar-refractivity contribution < 1.29 is 14.7 Å². The Morgan fingerprint density at radius 2 is 1.90 bits per heavy atom. The second-order valence-electron chi connectivity index (χ2n) is 6.65. The smallest absolute Gasteiger partial charge is 0.306 e. The second kappa shape index (κ2) is 5.72. The monoisotopic (exact) mass is 280 g/mol. The van der Waals surface area contributed by atoms with Gasteiger partial charge in [0, 0.05) is 6.04 Å². The molecule has 3 fully saturated rings. The Labute approximate surface area is 119 Å². The number of hydrogen-bond donors (Lipinski definition) is 3. The van der Waals surface area contributed by atoms with Crippen molar-refractivity contribution >= 4 is 11.9 Å². The van der Waals surface area contributed by atoms with Gasteiger partial charge in [-0.3, -0.25) is 9.59 Å². The van der Waals surface area contributed by atoms with Gasteiger partial charge in [-0.1, -0.05) is 12.8 Å². The molecule has 5 unspecified atom stereocenters. The predicted octanol–water partition coefficient (Wildman–Crippen LogP) is 1.13. The number of rotatable bonds is 3. The molecule has 2 aliphatic carbocycles. The van der Waals surface area contributed by atoms with E-state index in [9.17, 15) is 9.59 Å². The van der Waals surface area contributed by atoms with Gasteiger partial charge in [0.1, 0.15) is 0 Å². The minimum absolute atomic E-state index is 0.0413. The van der Waals surface area contributed by atoms with Crippen LogP contribution in [0.4, 0.5) is 0 Å². The molecule has 3 N–H and O–H groups in total. The summed E-state index contributed by atoms with van der Waals surface area (Å²) in [6.45, 7) is 0.963. The van der Waals surface area contributed by atoms with Gasteiger partial charge in [-0.15, -0.1) is 0 Å². The summed E-state index contributed by atoms with van der Waals surface area (Å²) in [4.78, 5) is 23.5. The van der Waals surface area contributed by atoms with Crippen LogP contribution >= 0.6 is 0 Å². The van der Waals surface area contributed by atoms with Crippen LogP contribution in [0.15, 0.2) is 0 Å². The molecular weight excluding hydrogens is 256 g/mol. The molecule has 0 spiro atoms. The number of carbonyl (C=O) groups excluding carboxylic acids is 1. The van der Waals surface area contributed by atoms with Crippen LogP contribution in [0.2, 0.25) is 0 Å². The fourth-order valence-corrected chi connectivity index (χ4v) is 4.31. The van der Waals surface area contributed by atoms with Crippen LogP contribution in [0.5, 0.6) is 0 Å². The maximum atomic E-state index is 12.4. The van der Waals surface area contributed by atoms with Crippen molar-refractivity contribution in [1.29, 1.82) is 0 Å². The van der Waals surface area contributed by atoms with Crippen LogP contribution in [0.25, 0.3) is 0 Å². The molecule has 112 valence electrons. The molecule has 5 atom stereocenters. The highest BCUT2D eigenvalue weighted by Crippen LogP contribution is 2.37. The first-order chi connectivity index (χ1) is 9.65. The summed E-state index contributed by atoms with van der Waals surface area (Å²) < 4.78 is 0. The molecule has 20 heavy (non-hydrogen) atoms. The molecule has 3 rings (SSSR count). The Balaban J connectivity index is 1.55. The van der Waals surface area contributed by atoms with Crippen molar-refractivity contribution in [3.8, 4) is 0 Å². The largest absolute Gasteiger partial charge is 0.481 e. The quantitative estimate of drug-likeness (QED) is 0.724. The third kappa shape index (κ3) is 2.68. The van der Waals surface area contributed by atoms with E-state index in [0.29, 0.717) is 18.3 Å². The zero-order valence-electron chi connectivity index (χ0n) is 11.8. The van der Waals surface area contributed by atoms with E-state index in [4.69, 9.17) is 5.11 Å². The van der Waals surface area contributed by atoms with E-state index < -0.39 is 5.97 Å².